The number of hydrogen-bond acceptors (Lipinski definition) is 5. The Morgan fingerprint density at radius 2 is 1.75 bits per heavy atom. The number of fused-ring (bicyclic) bond motifs is 1. The van der Waals surface area contributed by atoms with Crippen LogP contribution in [0.15, 0.2) is 46.0 Å². The second-order valence-electron chi connectivity index (χ2n) is 7.07. The third kappa shape index (κ3) is 3.38. The van der Waals surface area contributed by atoms with Crippen LogP contribution in [-0.4, -0.2) is 56.7 Å². The smallest absolute Gasteiger partial charge is 0.332 e. The Morgan fingerprint density at radius 1 is 1.04 bits per heavy atom. The normalized spacial score (nSPS) is 15.7. The second-order valence-corrected chi connectivity index (χ2v) is 7.07. The van der Waals surface area contributed by atoms with E-state index in [2.05, 4.69) is 44.1 Å². The molecule has 0 radical (unpaired) electrons. The van der Waals surface area contributed by atoms with Crippen molar-refractivity contribution in [2.24, 2.45) is 14.1 Å². The van der Waals surface area contributed by atoms with Gasteiger partial charge in [-0.25, -0.2) is 4.79 Å². The number of piperazine rings is 1. The maximum atomic E-state index is 12.3. The van der Waals surface area contributed by atoms with Gasteiger partial charge in [0.25, 0.3) is 5.56 Å². The molecule has 3 aromatic rings. The van der Waals surface area contributed by atoms with Gasteiger partial charge in [-0.2, -0.15) is 4.98 Å². The highest BCUT2D eigenvalue weighted by molar-refractivity contribution is 5.73. The molecule has 1 N–H and O–H groups in total. The lowest BCUT2D eigenvalue weighted by molar-refractivity contribution is 0.283. The third-order valence-electron chi connectivity index (χ3n) is 5.23. The van der Waals surface area contributed by atoms with Crippen LogP contribution in [0.2, 0.25) is 0 Å². The minimum absolute atomic E-state index is 0.346. The van der Waals surface area contributed by atoms with Crippen molar-refractivity contribution in [1.29, 1.82) is 0 Å². The van der Waals surface area contributed by atoms with E-state index < -0.39 is 0 Å². The Balaban J connectivity index is 1.43. The Kier molecular flexibility index (Phi) is 4.87. The van der Waals surface area contributed by atoms with Crippen LogP contribution in [0.4, 0.5) is 5.95 Å². The zero-order valence-corrected chi connectivity index (χ0v) is 16.1. The molecular formula is C20H24N6O2. The van der Waals surface area contributed by atoms with Gasteiger partial charge in [0.2, 0.25) is 5.95 Å². The van der Waals surface area contributed by atoms with Gasteiger partial charge in [-0.1, -0.05) is 42.5 Å². The molecule has 0 aliphatic carbocycles. The number of H-pyrrole nitrogens is 1. The molecule has 1 aliphatic heterocycles. The molecule has 0 saturated carbocycles. The molecule has 8 heteroatoms. The highest BCUT2D eigenvalue weighted by Gasteiger charge is 2.21. The molecule has 0 atom stereocenters. The van der Waals surface area contributed by atoms with E-state index >= 15 is 0 Å². The standard InChI is InChI=1S/C20H24N6O2/c1-23-17-16(18(27)24(2)20(23)28)21-19(22-17)26-13-11-25(12-14-26)10-6-9-15-7-4-3-5-8-15/h3-9H,10-14H2,1-2H3,(H,21,22). The molecule has 0 spiro atoms. The van der Waals surface area contributed by atoms with Gasteiger partial charge < -0.3 is 9.88 Å². The van der Waals surface area contributed by atoms with Crippen LogP contribution < -0.4 is 16.1 Å². The van der Waals surface area contributed by atoms with E-state index in [1.807, 2.05) is 18.2 Å². The lowest BCUT2D eigenvalue weighted by Crippen LogP contribution is -2.46. The number of benzene rings is 1. The molecule has 8 nitrogen and oxygen atoms in total. The van der Waals surface area contributed by atoms with E-state index in [0.717, 1.165) is 37.3 Å². The molecule has 28 heavy (non-hydrogen) atoms. The number of nitrogens with one attached hydrogen (secondary N) is 1. The van der Waals surface area contributed by atoms with Crippen LogP contribution >= 0.6 is 0 Å². The molecule has 1 saturated heterocycles. The van der Waals surface area contributed by atoms with Crippen LogP contribution in [0.1, 0.15) is 5.56 Å². The molecule has 4 rings (SSSR count). The van der Waals surface area contributed by atoms with Crippen molar-refractivity contribution >= 4 is 23.2 Å². The average molecular weight is 380 g/mol. The number of aromatic nitrogens is 4. The van der Waals surface area contributed by atoms with Crippen LogP contribution in [0.25, 0.3) is 17.2 Å². The molecule has 1 aliphatic rings. The fourth-order valence-corrected chi connectivity index (χ4v) is 3.51. The first-order valence-corrected chi connectivity index (χ1v) is 9.39. The number of aromatic amines is 1. The van der Waals surface area contributed by atoms with Crippen molar-refractivity contribution < 1.29 is 0 Å². The van der Waals surface area contributed by atoms with E-state index in [-0.39, 0.29) is 11.2 Å². The van der Waals surface area contributed by atoms with Crippen LogP contribution in [-0.2, 0) is 14.1 Å². The quantitative estimate of drug-likeness (QED) is 0.724. The fourth-order valence-electron chi connectivity index (χ4n) is 3.51. The lowest BCUT2D eigenvalue weighted by Gasteiger charge is -2.33. The molecule has 1 aromatic carbocycles. The molecule has 0 amide bonds. The van der Waals surface area contributed by atoms with Gasteiger partial charge in [0, 0.05) is 46.8 Å². The summed E-state index contributed by atoms with van der Waals surface area (Å²) in [5.41, 5.74) is 1.26. The first-order chi connectivity index (χ1) is 13.5. The van der Waals surface area contributed by atoms with Gasteiger partial charge in [0.05, 0.1) is 0 Å². The van der Waals surface area contributed by atoms with Crippen molar-refractivity contribution in [1.82, 2.24) is 24.0 Å². The van der Waals surface area contributed by atoms with Gasteiger partial charge in [-0.3, -0.25) is 18.8 Å². The van der Waals surface area contributed by atoms with Crippen molar-refractivity contribution in [2.75, 3.05) is 37.6 Å². The van der Waals surface area contributed by atoms with Crippen LogP contribution in [0.5, 0.6) is 0 Å². The Hall–Kier alpha value is -3.13. The second kappa shape index (κ2) is 7.47. The molecule has 0 unspecified atom stereocenters. The first kappa shape index (κ1) is 18.2. The largest absolute Gasteiger partial charge is 0.340 e. The van der Waals surface area contributed by atoms with Gasteiger partial charge in [-0.15, -0.1) is 0 Å². The number of imidazole rings is 1. The Bertz CT molecular complexity index is 1120. The summed E-state index contributed by atoms with van der Waals surface area (Å²) >= 11 is 0. The summed E-state index contributed by atoms with van der Waals surface area (Å²) in [5, 5.41) is 0. The van der Waals surface area contributed by atoms with Gasteiger partial charge in [0.15, 0.2) is 11.2 Å². The van der Waals surface area contributed by atoms with Gasteiger partial charge in [0.1, 0.15) is 0 Å². The average Bonchev–Trinajstić information content (AvgIpc) is 3.18. The van der Waals surface area contributed by atoms with E-state index in [0.29, 0.717) is 17.1 Å². The summed E-state index contributed by atoms with van der Waals surface area (Å²) in [7, 11) is 3.11. The number of nitrogens with zero attached hydrogens (tertiary/aromatic N) is 5. The monoisotopic (exact) mass is 380 g/mol. The molecule has 2 aromatic heterocycles. The van der Waals surface area contributed by atoms with Crippen molar-refractivity contribution in [3.8, 4) is 0 Å². The molecule has 3 heterocycles. The Labute approximate surface area is 162 Å². The topological polar surface area (TPSA) is 79.2 Å². The lowest BCUT2D eigenvalue weighted by atomic mass is 10.2. The van der Waals surface area contributed by atoms with E-state index in [1.54, 1.807) is 7.05 Å². The summed E-state index contributed by atoms with van der Waals surface area (Å²) < 4.78 is 2.50. The van der Waals surface area contributed by atoms with Crippen molar-refractivity contribution in [3.63, 3.8) is 0 Å². The number of anilines is 1. The summed E-state index contributed by atoms with van der Waals surface area (Å²) in [6, 6.07) is 10.3. The Morgan fingerprint density at radius 3 is 2.46 bits per heavy atom. The minimum atomic E-state index is -0.370. The summed E-state index contributed by atoms with van der Waals surface area (Å²) in [5.74, 6) is 0.646. The zero-order chi connectivity index (χ0) is 19.7. The fraction of sp³-hybridized carbons (Fsp3) is 0.350. The maximum absolute atomic E-state index is 12.3. The predicted octanol–water partition coefficient (Wildman–Crippen LogP) is 0.796. The number of hydrogen-bond donors (Lipinski definition) is 1. The number of rotatable bonds is 4. The highest BCUT2D eigenvalue weighted by atomic mass is 16.2. The highest BCUT2D eigenvalue weighted by Crippen LogP contribution is 2.15. The molecule has 0 bridgehead atoms. The third-order valence-corrected chi connectivity index (χ3v) is 5.23. The maximum Gasteiger partial charge on any atom is 0.332 e. The minimum Gasteiger partial charge on any atom is -0.340 e. The van der Waals surface area contributed by atoms with E-state index in [4.69, 9.17) is 0 Å². The van der Waals surface area contributed by atoms with Crippen molar-refractivity contribution in [3.05, 3.63) is 62.8 Å². The van der Waals surface area contributed by atoms with E-state index in [9.17, 15) is 9.59 Å². The predicted molar refractivity (Wildman–Crippen MR) is 111 cm³/mol. The van der Waals surface area contributed by atoms with Crippen molar-refractivity contribution in [2.45, 2.75) is 0 Å². The van der Waals surface area contributed by atoms with E-state index in [1.165, 1.54) is 17.2 Å². The summed E-state index contributed by atoms with van der Waals surface area (Å²) in [4.78, 5) is 36.5. The summed E-state index contributed by atoms with van der Waals surface area (Å²) in [6.07, 6.45) is 4.33. The molecule has 146 valence electrons. The zero-order valence-electron chi connectivity index (χ0n) is 16.1. The SMILES string of the molecule is Cn1c(=O)c2[nH]c(N3CCN(CC=Cc4ccccc4)CC3)nc2n(C)c1=O. The molecule has 1 fully saturated rings. The van der Waals surface area contributed by atoms with Crippen LogP contribution in [0, 0.1) is 0 Å². The first-order valence-electron chi connectivity index (χ1n) is 9.39. The summed E-state index contributed by atoms with van der Waals surface area (Å²) in [6.45, 7) is 4.35. The number of aryl methyl sites for hydroxylation is 1. The molecular weight excluding hydrogens is 356 g/mol. The van der Waals surface area contributed by atoms with Crippen LogP contribution in [0.3, 0.4) is 0 Å². The van der Waals surface area contributed by atoms with Gasteiger partial charge >= 0.3 is 5.69 Å². The van der Waals surface area contributed by atoms with Gasteiger partial charge in [-0.05, 0) is 5.56 Å².